The van der Waals surface area contributed by atoms with Crippen molar-refractivity contribution in [2.45, 2.75) is 6.54 Å². The van der Waals surface area contributed by atoms with Gasteiger partial charge in [-0.3, -0.25) is 10.1 Å². The van der Waals surface area contributed by atoms with Gasteiger partial charge in [0.2, 0.25) is 0 Å². The number of nitrogens with one attached hydrogen (secondary N) is 2. The summed E-state index contributed by atoms with van der Waals surface area (Å²) in [6.07, 6.45) is 0. The van der Waals surface area contributed by atoms with Gasteiger partial charge in [0.15, 0.2) is 5.11 Å². The van der Waals surface area contributed by atoms with Crippen molar-refractivity contribution in [1.29, 1.82) is 0 Å². The maximum atomic E-state index is 12.2. The second kappa shape index (κ2) is 8.76. The standard InChI is InChI=1S/C19H13Cl3N2O2S/c20-13-4-1-11(2-5-13)17-8-6-14(26-17)10-23-19(27)24-18(25)12-3-7-15(21)16(22)9-12/h1-9H,10H2,(H2,23,24,25,27). The maximum absolute atomic E-state index is 12.2. The minimum absolute atomic E-state index is 0.176. The minimum atomic E-state index is -0.382. The molecule has 0 aliphatic rings. The van der Waals surface area contributed by atoms with Gasteiger partial charge in [0.05, 0.1) is 16.6 Å². The predicted octanol–water partition coefficient (Wildman–Crippen LogP) is 5.71. The fourth-order valence-electron chi connectivity index (χ4n) is 2.27. The number of carbonyl (C=O) groups is 1. The Hall–Kier alpha value is -2.05. The number of carbonyl (C=O) groups excluding carboxylic acids is 1. The molecule has 1 aromatic heterocycles. The summed E-state index contributed by atoms with van der Waals surface area (Å²) in [7, 11) is 0. The van der Waals surface area contributed by atoms with Crippen LogP contribution in [0.25, 0.3) is 11.3 Å². The molecule has 0 aliphatic carbocycles. The Morgan fingerprint density at radius 3 is 2.41 bits per heavy atom. The lowest BCUT2D eigenvalue weighted by atomic mass is 10.2. The molecule has 138 valence electrons. The van der Waals surface area contributed by atoms with Crippen LogP contribution in [-0.4, -0.2) is 11.0 Å². The number of benzene rings is 2. The molecule has 3 rings (SSSR count). The molecule has 0 saturated carbocycles. The first-order chi connectivity index (χ1) is 12.9. The van der Waals surface area contributed by atoms with Crippen molar-refractivity contribution >= 4 is 58.0 Å². The summed E-state index contributed by atoms with van der Waals surface area (Å²) in [5.41, 5.74) is 1.28. The van der Waals surface area contributed by atoms with E-state index in [-0.39, 0.29) is 11.0 Å². The lowest BCUT2D eigenvalue weighted by molar-refractivity contribution is 0.0976. The summed E-state index contributed by atoms with van der Waals surface area (Å²) in [5.74, 6) is 1.01. The third kappa shape index (κ3) is 5.23. The first kappa shape index (κ1) is 19.7. The fraction of sp³-hybridized carbons (Fsp3) is 0.0526. The molecule has 0 saturated heterocycles. The van der Waals surface area contributed by atoms with E-state index in [1.807, 2.05) is 24.3 Å². The van der Waals surface area contributed by atoms with Gasteiger partial charge in [-0.15, -0.1) is 0 Å². The summed E-state index contributed by atoms with van der Waals surface area (Å²) in [4.78, 5) is 12.2. The molecule has 2 aromatic carbocycles. The summed E-state index contributed by atoms with van der Waals surface area (Å²) in [6, 6.07) is 15.6. The molecule has 0 aliphatic heterocycles. The van der Waals surface area contributed by atoms with Crippen molar-refractivity contribution in [3.8, 4) is 11.3 Å². The topological polar surface area (TPSA) is 54.3 Å². The Kier molecular flexibility index (Phi) is 6.39. The Labute approximate surface area is 176 Å². The molecule has 0 atom stereocenters. The second-order valence-electron chi connectivity index (χ2n) is 5.54. The molecule has 0 unspecified atom stereocenters. The first-order valence-corrected chi connectivity index (χ1v) is 9.35. The molecule has 1 amide bonds. The molecule has 8 heteroatoms. The monoisotopic (exact) mass is 438 g/mol. The highest BCUT2D eigenvalue weighted by Crippen LogP contribution is 2.24. The van der Waals surface area contributed by atoms with Crippen LogP contribution in [0.15, 0.2) is 59.0 Å². The predicted molar refractivity (Wildman–Crippen MR) is 113 cm³/mol. The van der Waals surface area contributed by atoms with Gasteiger partial charge >= 0.3 is 0 Å². The molecular formula is C19H13Cl3N2O2S. The maximum Gasteiger partial charge on any atom is 0.257 e. The lowest BCUT2D eigenvalue weighted by Gasteiger charge is -2.09. The quantitative estimate of drug-likeness (QED) is 0.511. The van der Waals surface area contributed by atoms with Crippen LogP contribution in [0.4, 0.5) is 0 Å². The van der Waals surface area contributed by atoms with Gasteiger partial charge in [0, 0.05) is 16.1 Å². The molecule has 4 nitrogen and oxygen atoms in total. The number of halogens is 3. The van der Waals surface area contributed by atoms with Crippen LogP contribution in [-0.2, 0) is 6.54 Å². The van der Waals surface area contributed by atoms with E-state index in [0.29, 0.717) is 38.7 Å². The molecule has 3 aromatic rings. The van der Waals surface area contributed by atoms with E-state index in [4.69, 9.17) is 51.4 Å². The van der Waals surface area contributed by atoms with Crippen LogP contribution in [0.3, 0.4) is 0 Å². The normalized spacial score (nSPS) is 10.5. The zero-order valence-electron chi connectivity index (χ0n) is 13.8. The highest BCUT2D eigenvalue weighted by molar-refractivity contribution is 7.80. The van der Waals surface area contributed by atoms with Gasteiger partial charge in [0.1, 0.15) is 11.5 Å². The smallest absolute Gasteiger partial charge is 0.257 e. The second-order valence-corrected chi connectivity index (χ2v) is 7.20. The summed E-state index contributed by atoms with van der Waals surface area (Å²) in [5, 5.41) is 7.02. The van der Waals surface area contributed by atoms with Crippen LogP contribution in [0, 0.1) is 0 Å². The Balaban J connectivity index is 1.55. The number of thiocarbonyl (C=S) groups is 1. The molecule has 0 bridgehead atoms. The van der Waals surface area contributed by atoms with Crippen LogP contribution >= 0.6 is 47.0 Å². The highest BCUT2D eigenvalue weighted by Gasteiger charge is 2.11. The van der Waals surface area contributed by atoms with Crippen molar-refractivity contribution in [3.63, 3.8) is 0 Å². The van der Waals surface area contributed by atoms with Gasteiger partial charge in [-0.1, -0.05) is 34.8 Å². The van der Waals surface area contributed by atoms with Crippen LogP contribution in [0.1, 0.15) is 16.1 Å². The van der Waals surface area contributed by atoms with Gasteiger partial charge in [-0.2, -0.15) is 0 Å². The fourth-order valence-corrected chi connectivity index (χ4v) is 2.86. The average molecular weight is 440 g/mol. The van der Waals surface area contributed by atoms with E-state index >= 15 is 0 Å². The molecule has 1 heterocycles. The Morgan fingerprint density at radius 1 is 0.963 bits per heavy atom. The molecule has 0 fully saturated rings. The van der Waals surface area contributed by atoms with E-state index in [2.05, 4.69) is 10.6 Å². The molecule has 27 heavy (non-hydrogen) atoms. The van der Waals surface area contributed by atoms with Crippen molar-refractivity contribution in [2.24, 2.45) is 0 Å². The van der Waals surface area contributed by atoms with E-state index in [1.54, 1.807) is 24.3 Å². The van der Waals surface area contributed by atoms with E-state index in [1.165, 1.54) is 6.07 Å². The summed E-state index contributed by atoms with van der Waals surface area (Å²) < 4.78 is 5.77. The lowest BCUT2D eigenvalue weighted by Crippen LogP contribution is -2.38. The third-order valence-corrected chi connectivity index (χ3v) is 4.86. The number of amides is 1. The minimum Gasteiger partial charge on any atom is -0.459 e. The molecule has 0 radical (unpaired) electrons. The zero-order chi connectivity index (χ0) is 19.4. The Bertz CT molecular complexity index is 987. The molecule has 0 spiro atoms. The van der Waals surface area contributed by atoms with Crippen LogP contribution in [0.2, 0.25) is 15.1 Å². The van der Waals surface area contributed by atoms with E-state index in [9.17, 15) is 4.79 Å². The van der Waals surface area contributed by atoms with Crippen molar-refractivity contribution in [3.05, 3.63) is 81.0 Å². The van der Waals surface area contributed by atoms with Crippen LogP contribution in [0.5, 0.6) is 0 Å². The molecular weight excluding hydrogens is 427 g/mol. The van der Waals surface area contributed by atoms with E-state index < -0.39 is 0 Å². The SMILES string of the molecule is O=C(NC(=S)NCc1ccc(-c2ccc(Cl)cc2)o1)c1ccc(Cl)c(Cl)c1. The Morgan fingerprint density at radius 2 is 1.70 bits per heavy atom. The highest BCUT2D eigenvalue weighted by atomic mass is 35.5. The van der Waals surface area contributed by atoms with Gasteiger partial charge in [0.25, 0.3) is 5.91 Å². The van der Waals surface area contributed by atoms with Gasteiger partial charge in [-0.25, -0.2) is 0 Å². The zero-order valence-corrected chi connectivity index (χ0v) is 16.8. The third-order valence-electron chi connectivity index (χ3n) is 3.62. The first-order valence-electron chi connectivity index (χ1n) is 7.81. The largest absolute Gasteiger partial charge is 0.459 e. The van der Waals surface area contributed by atoms with Crippen molar-refractivity contribution in [1.82, 2.24) is 10.6 Å². The van der Waals surface area contributed by atoms with Crippen molar-refractivity contribution < 1.29 is 9.21 Å². The summed E-state index contributed by atoms with van der Waals surface area (Å²) >= 11 is 22.8. The average Bonchev–Trinajstić information content (AvgIpc) is 3.12. The number of hydrogen-bond acceptors (Lipinski definition) is 3. The van der Waals surface area contributed by atoms with E-state index in [0.717, 1.165) is 5.56 Å². The number of furan rings is 1. The van der Waals surface area contributed by atoms with Gasteiger partial charge in [-0.05, 0) is 66.8 Å². The van der Waals surface area contributed by atoms with Gasteiger partial charge < -0.3 is 9.73 Å². The van der Waals surface area contributed by atoms with Crippen LogP contribution < -0.4 is 10.6 Å². The number of hydrogen-bond donors (Lipinski definition) is 2. The summed E-state index contributed by atoms with van der Waals surface area (Å²) in [6.45, 7) is 0.327. The number of rotatable bonds is 4. The molecule has 2 N–H and O–H groups in total. The van der Waals surface area contributed by atoms with Crippen molar-refractivity contribution in [2.75, 3.05) is 0 Å².